The maximum Gasteiger partial charge on any atom is 0.240 e. The molecule has 0 spiro atoms. The van der Waals surface area contributed by atoms with Crippen LogP contribution in [0, 0.1) is 6.92 Å². The Hall–Kier alpha value is -1.90. The van der Waals surface area contributed by atoms with Crippen molar-refractivity contribution in [2.75, 3.05) is 18.1 Å². The molecule has 6 nitrogen and oxygen atoms in total. The van der Waals surface area contributed by atoms with Gasteiger partial charge < -0.3 is 5.32 Å². The molecule has 2 rings (SSSR count). The highest BCUT2D eigenvalue weighted by atomic mass is 32.2. The number of aryl methyl sites for hydroxylation is 1. The first-order valence-corrected chi connectivity index (χ1v) is 9.27. The molecule has 0 radical (unpaired) electrons. The quantitative estimate of drug-likeness (QED) is 0.778. The van der Waals surface area contributed by atoms with Crippen molar-refractivity contribution < 1.29 is 13.2 Å². The third-order valence-electron chi connectivity index (χ3n) is 3.02. The van der Waals surface area contributed by atoms with Gasteiger partial charge in [0.25, 0.3) is 0 Å². The number of carbonyl (C=O) groups excluding carboxylic acids is 1. The Morgan fingerprint density at radius 1 is 1.26 bits per heavy atom. The van der Waals surface area contributed by atoms with Gasteiger partial charge in [-0.1, -0.05) is 23.9 Å². The Balaban J connectivity index is 2.05. The number of hydrogen-bond donors (Lipinski definition) is 2. The minimum atomic E-state index is -3.56. The van der Waals surface area contributed by atoms with E-state index in [0.717, 1.165) is 5.03 Å². The molecule has 122 valence electrons. The van der Waals surface area contributed by atoms with Gasteiger partial charge in [0.15, 0.2) is 0 Å². The molecule has 1 heterocycles. The summed E-state index contributed by atoms with van der Waals surface area (Å²) in [6.45, 7) is 1.70. The number of rotatable bonds is 6. The van der Waals surface area contributed by atoms with Crippen molar-refractivity contribution in [2.45, 2.75) is 16.8 Å². The summed E-state index contributed by atoms with van der Waals surface area (Å²) in [5.74, 6) is -0.0313. The maximum absolute atomic E-state index is 12.0. The molecule has 0 bridgehead atoms. The van der Waals surface area contributed by atoms with E-state index in [2.05, 4.69) is 15.0 Å². The summed E-state index contributed by atoms with van der Waals surface area (Å²) in [6.07, 6.45) is 1.66. The third-order valence-corrected chi connectivity index (χ3v) is 5.52. The number of nitrogens with one attached hydrogen (secondary N) is 2. The first-order chi connectivity index (χ1) is 10.9. The number of pyridine rings is 1. The number of aromatic nitrogens is 1. The molecule has 0 aliphatic carbocycles. The van der Waals surface area contributed by atoms with Crippen molar-refractivity contribution >= 4 is 33.4 Å². The summed E-state index contributed by atoms with van der Waals surface area (Å²) in [6, 6.07) is 10.3. The number of hydrogen-bond acceptors (Lipinski definition) is 5. The number of benzene rings is 1. The van der Waals surface area contributed by atoms with Crippen LogP contribution in [0.4, 0.5) is 5.69 Å². The molecular weight excluding hydrogens is 334 g/mol. The Labute approximate surface area is 139 Å². The van der Waals surface area contributed by atoms with Gasteiger partial charge in [-0.2, -0.15) is 0 Å². The fraction of sp³-hybridized carbons (Fsp3) is 0.200. The molecule has 0 fully saturated rings. The Morgan fingerprint density at radius 3 is 2.70 bits per heavy atom. The van der Waals surface area contributed by atoms with Crippen LogP contribution < -0.4 is 10.0 Å². The van der Waals surface area contributed by atoms with Gasteiger partial charge in [-0.3, -0.25) is 4.79 Å². The summed E-state index contributed by atoms with van der Waals surface area (Å²) in [4.78, 5) is 16.2. The fourth-order valence-electron chi connectivity index (χ4n) is 1.85. The van der Waals surface area contributed by atoms with Crippen LogP contribution in [0.25, 0.3) is 0 Å². The highest BCUT2D eigenvalue weighted by molar-refractivity contribution is 7.99. The third kappa shape index (κ3) is 4.78. The molecule has 2 N–H and O–H groups in total. The second-order valence-electron chi connectivity index (χ2n) is 4.69. The minimum absolute atomic E-state index is 0.148. The van der Waals surface area contributed by atoms with Gasteiger partial charge in [-0.05, 0) is 43.8 Å². The van der Waals surface area contributed by atoms with Gasteiger partial charge >= 0.3 is 0 Å². The van der Waals surface area contributed by atoms with E-state index in [1.54, 1.807) is 31.3 Å². The molecule has 2 aromatic rings. The van der Waals surface area contributed by atoms with Crippen molar-refractivity contribution in [2.24, 2.45) is 0 Å². The van der Waals surface area contributed by atoms with Crippen molar-refractivity contribution in [1.82, 2.24) is 9.71 Å². The second kappa shape index (κ2) is 7.58. The van der Waals surface area contributed by atoms with Gasteiger partial charge in [-0.15, -0.1) is 0 Å². The number of sulfonamides is 1. The molecule has 0 saturated carbocycles. The Bertz CT molecular complexity index is 793. The summed E-state index contributed by atoms with van der Waals surface area (Å²) in [5.41, 5.74) is 1.05. The zero-order valence-corrected chi connectivity index (χ0v) is 14.4. The van der Waals surface area contributed by atoms with E-state index in [9.17, 15) is 13.2 Å². The zero-order chi connectivity index (χ0) is 16.9. The Kier molecular flexibility index (Phi) is 5.75. The SMILES string of the molecule is CNS(=O)(=O)c1cc(NC(=O)CSc2ccccn2)ccc1C. The summed E-state index contributed by atoms with van der Waals surface area (Å²) < 4.78 is 26.1. The normalized spacial score (nSPS) is 11.2. The molecule has 0 atom stereocenters. The minimum Gasteiger partial charge on any atom is -0.325 e. The zero-order valence-electron chi connectivity index (χ0n) is 12.7. The lowest BCUT2D eigenvalue weighted by molar-refractivity contribution is -0.113. The molecule has 0 unspecified atom stereocenters. The molecule has 1 amide bonds. The van der Waals surface area contributed by atoms with Gasteiger partial charge in [0, 0.05) is 11.9 Å². The molecular formula is C15H17N3O3S2. The van der Waals surface area contributed by atoms with E-state index in [-0.39, 0.29) is 16.6 Å². The van der Waals surface area contributed by atoms with Gasteiger partial charge in [-0.25, -0.2) is 18.1 Å². The average molecular weight is 351 g/mol. The van der Waals surface area contributed by atoms with Gasteiger partial charge in [0.2, 0.25) is 15.9 Å². The predicted octanol–water partition coefficient (Wildman–Crippen LogP) is 2.03. The van der Waals surface area contributed by atoms with Crippen LogP contribution >= 0.6 is 11.8 Å². The molecule has 0 saturated heterocycles. The van der Waals surface area contributed by atoms with Crippen LogP contribution in [0.5, 0.6) is 0 Å². The molecule has 23 heavy (non-hydrogen) atoms. The molecule has 1 aromatic heterocycles. The van der Waals surface area contributed by atoms with Crippen molar-refractivity contribution in [3.63, 3.8) is 0 Å². The lowest BCUT2D eigenvalue weighted by Gasteiger charge is -2.10. The molecule has 8 heteroatoms. The van der Waals surface area contributed by atoms with Crippen LogP contribution in [0.15, 0.2) is 52.5 Å². The summed E-state index contributed by atoms with van der Waals surface area (Å²) in [5, 5.41) is 3.45. The van der Waals surface area contributed by atoms with Crippen LogP contribution in [0.3, 0.4) is 0 Å². The number of amides is 1. The first-order valence-electron chi connectivity index (χ1n) is 6.80. The lowest BCUT2D eigenvalue weighted by Crippen LogP contribution is -2.20. The van der Waals surface area contributed by atoms with Gasteiger partial charge in [0.05, 0.1) is 15.7 Å². The van der Waals surface area contributed by atoms with Crippen LogP contribution in [-0.2, 0) is 14.8 Å². The number of carbonyl (C=O) groups is 1. The lowest BCUT2D eigenvalue weighted by atomic mass is 10.2. The van der Waals surface area contributed by atoms with Crippen molar-refractivity contribution in [1.29, 1.82) is 0 Å². The molecule has 0 aliphatic heterocycles. The van der Waals surface area contributed by atoms with Crippen LogP contribution in [0.1, 0.15) is 5.56 Å². The van der Waals surface area contributed by atoms with E-state index in [1.165, 1.54) is 24.9 Å². The first kappa shape index (κ1) is 17.5. The topological polar surface area (TPSA) is 88.2 Å². The fourth-order valence-corrected chi connectivity index (χ4v) is 3.50. The highest BCUT2D eigenvalue weighted by Gasteiger charge is 2.15. The molecule has 1 aromatic carbocycles. The maximum atomic E-state index is 12.0. The van der Waals surface area contributed by atoms with Crippen molar-refractivity contribution in [3.8, 4) is 0 Å². The number of anilines is 1. The summed E-state index contributed by atoms with van der Waals surface area (Å²) >= 11 is 1.31. The van der Waals surface area contributed by atoms with E-state index >= 15 is 0 Å². The van der Waals surface area contributed by atoms with Crippen molar-refractivity contribution in [3.05, 3.63) is 48.2 Å². The largest absolute Gasteiger partial charge is 0.325 e. The predicted molar refractivity (Wildman–Crippen MR) is 91.0 cm³/mol. The molecule has 0 aliphatic rings. The standard InChI is InChI=1S/C15H17N3O3S2/c1-11-6-7-12(9-13(11)23(20,21)16-2)18-14(19)10-22-15-5-3-4-8-17-15/h3-9,16H,10H2,1-2H3,(H,18,19). The average Bonchev–Trinajstić information content (AvgIpc) is 2.55. The van der Waals surface area contributed by atoms with E-state index < -0.39 is 10.0 Å². The highest BCUT2D eigenvalue weighted by Crippen LogP contribution is 2.20. The number of thioether (sulfide) groups is 1. The smallest absolute Gasteiger partial charge is 0.240 e. The van der Waals surface area contributed by atoms with Crippen LogP contribution in [0.2, 0.25) is 0 Å². The van der Waals surface area contributed by atoms with E-state index in [4.69, 9.17) is 0 Å². The monoisotopic (exact) mass is 351 g/mol. The second-order valence-corrected chi connectivity index (χ2v) is 7.54. The van der Waals surface area contributed by atoms with Crippen LogP contribution in [-0.4, -0.2) is 32.1 Å². The Morgan fingerprint density at radius 2 is 2.04 bits per heavy atom. The van der Waals surface area contributed by atoms with E-state index in [0.29, 0.717) is 11.3 Å². The number of nitrogens with zero attached hydrogens (tertiary/aromatic N) is 1. The summed E-state index contributed by atoms with van der Waals surface area (Å²) in [7, 11) is -2.21. The van der Waals surface area contributed by atoms with E-state index in [1.807, 2.05) is 12.1 Å². The van der Waals surface area contributed by atoms with Gasteiger partial charge in [0.1, 0.15) is 0 Å².